The van der Waals surface area contributed by atoms with Crippen LogP contribution in [0.1, 0.15) is 17.3 Å². The molecule has 3 aromatic carbocycles. The lowest BCUT2D eigenvalue weighted by Crippen LogP contribution is -1.95. The highest BCUT2D eigenvalue weighted by atomic mass is 35.5. The van der Waals surface area contributed by atoms with E-state index in [1.165, 1.54) is 6.92 Å². The van der Waals surface area contributed by atoms with Crippen molar-refractivity contribution in [2.24, 2.45) is 0 Å². The van der Waals surface area contributed by atoms with Crippen molar-refractivity contribution >= 4 is 34.0 Å². The summed E-state index contributed by atoms with van der Waals surface area (Å²) in [5.74, 6) is 0.263. The summed E-state index contributed by atoms with van der Waals surface area (Å²) in [6, 6.07) is 17.0. The summed E-state index contributed by atoms with van der Waals surface area (Å²) in [7, 11) is 1.59. The lowest BCUT2D eigenvalue weighted by atomic mass is 9.97. The number of nitrogens with one attached hydrogen (secondary N) is 1. The van der Waals surface area contributed by atoms with Crippen molar-refractivity contribution in [1.29, 1.82) is 0 Å². The number of Topliss-reactive ketones (excluding diaryl/α,β-unsaturated/α-hetero) is 1. The van der Waals surface area contributed by atoms with Crippen LogP contribution in [0, 0.1) is 0 Å². The van der Waals surface area contributed by atoms with Crippen molar-refractivity contribution < 1.29 is 14.6 Å². The summed E-state index contributed by atoms with van der Waals surface area (Å²) >= 11 is 6.48. The Bertz CT molecular complexity index is 1240. The molecular formula is C23H19ClN2O3. The van der Waals surface area contributed by atoms with Gasteiger partial charge in [0, 0.05) is 16.5 Å². The molecule has 0 aliphatic carbocycles. The van der Waals surface area contributed by atoms with Gasteiger partial charge in [-0.25, -0.2) is 0 Å². The third kappa shape index (κ3) is 3.19. The monoisotopic (exact) mass is 406 g/mol. The Morgan fingerprint density at radius 2 is 1.72 bits per heavy atom. The molecule has 0 atom stereocenters. The predicted octanol–water partition coefficient (Wildman–Crippen LogP) is 5.65. The first kappa shape index (κ1) is 18.9. The largest absolute Gasteiger partial charge is 0.495 e. The Balaban J connectivity index is 1.80. The minimum absolute atomic E-state index is 0.149. The van der Waals surface area contributed by atoms with Crippen LogP contribution in [0.5, 0.6) is 11.6 Å². The fraction of sp³-hybridized carbons (Fsp3) is 0.0870. The van der Waals surface area contributed by atoms with Gasteiger partial charge in [0.2, 0.25) is 5.88 Å². The Morgan fingerprint density at radius 3 is 2.34 bits per heavy atom. The zero-order chi connectivity index (χ0) is 20.7. The van der Waals surface area contributed by atoms with E-state index in [0.717, 1.165) is 22.3 Å². The van der Waals surface area contributed by atoms with Crippen molar-refractivity contribution in [3.8, 4) is 33.9 Å². The second-order valence-electron chi connectivity index (χ2n) is 6.78. The molecule has 6 heteroatoms. The smallest absolute Gasteiger partial charge is 0.200 e. The van der Waals surface area contributed by atoms with Crippen LogP contribution in [-0.2, 0) is 0 Å². The molecule has 0 fully saturated rings. The molecule has 4 rings (SSSR count). The van der Waals surface area contributed by atoms with E-state index >= 15 is 0 Å². The number of H-pyrrole nitrogens is 1. The number of carbonyl (C=O) groups excluding carboxylic acids is 1. The molecule has 0 saturated carbocycles. The van der Waals surface area contributed by atoms with Crippen molar-refractivity contribution in [2.75, 3.05) is 12.8 Å². The highest BCUT2D eigenvalue weighted by molar-refractivity contribution is 6.34. The van der Waals surface area contributed by atoms with E-state index in [9.17, 15) is 9.90 Å². The number of nitrogens with two attached hydrogens (primary N) is 1. The average Bonchev–Trinajstić information content (AvgIpc) is 3.02. The fourth-order valence-electron chi connectivity index (χ4n) is 3.58. The molecule has 0 aliphatic rings. The van der Waals surface area contributed by atoms with Gasteiger partial charge in [-0.05, 0) is 36.2 Å². The van der Waals surface area contributed by atoms with Gasteiger partial charge in [0.25, 0.3) is 0 Å². The zero-order valence-corrected chi connectivity index (χ0v) is 16.7. The van der Waals surface area contributed by atoms with E-state index in [1.54, 1.807) is 13.2 Å². The number of rotatable bonds is 4. The first-order valence-electron chi connectivity index (χ1n) is 8.99. The summed E-state index contributed by atoms with van der Waals surface area (Å²) in [5, 5.41) is 11.2. The van der Waals surface area contributed by atoms with Gasteiger partial charge in [0.15, 0.2) is 5.78 Å². The van der Waals surface area contributed by atoms with Crippen molar-refractivity contribution in [1.82, 2.24) is 4.98 Å². The highest BCUT2D eigenvalue weighted by Crippen LogP contribution is 2.38. The van der Waals surface area contributed by atoms with Crippen LogP contribution in [0.4, 0.5) is 5.69 Å². The molecule has 4 N–H and O–H groups in total. The number of fused-ring (bicyclic) bond motifs is 1. The molecule has 1 heterocycles. The number of aromatic nitrogens is 1. The maximum Gasteiger partial charge on any atom is 0.200 e. The number of para-hydroxylation sites is 1. The number of carbonyl (C=O) groups is 1. The predicted molar refractivity (Wildman–Crippen MR) is 117 cm³/mol. The van der Waals surface area contributed by atoms with Gasteiger partial charge in [0.1, 0.15) is 5.75 Å². The van der Waals surface area contributed by atoms with Gasteiger partial charge in [-0.1, -0.05) is 48.0 Å². The molecule has 0 saturated heterocycles. The SMILES string of the molecule is COc1cccc(-c2ccc(-c3cc4c(C(C)=O)c(O)[nH]c4cc3Cl)cc2)c1N. The molecule has 0 amide bonds. The number of ketones is 1. The molecule has 146 valence electrons. The summed E-state index contributed by atoms with van der Waals surface area (Å²) < 4.78 is 5.30. The highest BCUT2D eigenvalue weighted by Gasteiger charge is 2.17. The van der Waals surface area contributed by atoms with Crippen LogP contribution < -0.4 is 10.5 Å². The van der Waals surface area contributed by atoms with E-state index in [2.05, 4.69) is 4.98 Å². The molecular weight excluding hydrogens is 388 g/mol. The third-order valence-electron chi connectivity index (χ3n) is 5.01. The van der Waals surface area contributed by atoms with Crippen molar-refractivity contribution in [2.45, 2.75) is 6.92 Å². The molecule has 4 aromatic rings. The normalized spacial score (nSPS) is 11.0. The maximum absolute atomic E-state index is 11.9. The third-order valence-corrected chi connectivity index (χ3v) is 5.32. The lowest BCUT2D eigenvalue weighted by Gasteiger charge is -2.11. The van der Waals surface area contributed by atoms with Crippen molar-refractivity contribution in [3.63, 3.8) is 0 Å². The number of benzene rings is 3. The molecule has 0 unspecified atom stereocenters. The Kier molecular flexibility index (Phi) is 4.68. The van der Waals surface area contributed by atoms with Gasteiger partial charge in [-0.3, -0.25) is 4.79 Å². The second-order valence-corrected chi connectivity index (χ2v) is 7.19. The van der Waals surface area contributed by atoms with Crippen LogP contribution in [0.15, 0.2) is 54.6 Å². The molecule has 0 spiro atoms. The summed E-state index contributed by atoms with van der Waals surface area (Å²) in [5.41, 5.74) is 11.1. The number of nitrogen functional groups attached to an aromatic ring is 1. The fourth-order valence-corrected chi connectivity index (χ4v) is 3.85. The van der Waals surface area contributed by atoms with Gasteiger partial charge < -0.3 is 20.6 Å². The van der Waals surface area contributed by atoms with E-state index in [0.29, 0.717) is 27.4 Å². The van der Waals surface area contributed by atoms with Crippen LogP contribution in [0.3, 0.4) is 0 Å². The van der Waals surface area contributed by atoms with E-state index < -0.39 is 0 Å². The van der Waals surface area contributed by atoms with Crippen LogP contribution in [0.25, 0.3) is 33.2 Å². The van der Waals surface area contributed by atoms with E-state index in [-0.39, 0.29) is 17.2 Å². The number of halogens is 1. The summed E-state index contributed by atoms with van der Waals surface area (Å²) in [6.45, 7) is 1.42. The summed E-state index contributed by atoms with van der Waals surface area (Å²) in [4.78, 5) is 14.7. The first-order valence-corrected chi connectivity index (χ1v) is 9.37. The quantitative estimate of drug-likeness (QED) is 0.301. The first-order chi connectivity index (χ1) is 13.9. The minimum atomic E-state index is -0.217. The number of anilines is 1. The lowest BCUT2D eigenvalue weighted by molar-refractivity contribution is 0.101. The number of methoxy groups -OCH3 is 1. The number of aromatic amines is 1. The standard InChI is InChI=1S/C23H19ClN2O3/c1-12(27)21-17-10-16(18(24)11-19(17)26-23(21)28)14-8-6-13(7-9-14)15-4-3-5-20(29-2)22(15)25/h3-11,26,28H,25H2,1-2H3. The molecule has 0 radical (unpaired) electrons. The number of hydrogen-bond acceptors (Lipinski definition) is 4. The van der Waals surface area contributed by atoms with Crippen LogP contribution >= 0.6 is 11.6 Å². The number of ether oxygens (including phenoxy) is 1. The molecule has 0 aliphatic heterocycles. The summed E-state index contributed by atoms with van der Waals surface area (Å²) in [6.07, 6.45) is 0. The molecule has 1 aromatic heterocycles. The van der Waals surface area contributed by atoms with E-state index in [1.807, 2.05) is 48.5 Å². The Hall–Kier alpha value is -3.44. The number of hydrogen-bond donors (Lipinski definition) is 3. The molecule has 0 bridgehead atoms. The van der Waals surface area contributed by atoms with Crippen LogP contribution in [0.2, 0.25) is 5.02 Å². The van der Waals surface area contributed by atoms with E-state index in [4.69, 9.17) is 22.1 Å². The topological polar surface area (TPSA) is 88.3 Å². The average molecular weight is 407 g/mol. The molecule has 5 nitrogen and oxygen atoms in total. The van der Waals surface area contributed by atoms with Crippen LogP contribution in [-0.4, -0.2) is 23.0 Å². The Morgan fingerprint density at radius 1 is 1.07 bits per heavy atom. The second kappa shape index (κ2) is 7.18. The van der Waals surface area contributed by atoms with Gasteiger partial charge >= 0.3 is 0 Å². The number of aromatic hydroxyl groups is 1. The maximum atomic E-state index is 11.9. The van der Waals surface area contributed by atoms with Gasteiger partial charge in [-0.2, -0.15) is 0 Å². The Labute approximate surface area is 172 Å². The van der Waals surface area contributed by atoms with Gasteiger partial charge in [0.05, 0.1) is 28.9 Å². The molecule has 29 heavy (non-hydrogen) atoms. The van der Waals surface area contributed by atoms with Crippen molar-refractivity contribution in [3.05, 3.63) is 65.2 Å². The van der Waals surface area contributed by atoms with Gasteiger partial charge in [-0.15, -0.1) is 0 Å². The zero-order valence-electron chi connectivity index (χ0n) is 15.9. The minimum Gasteiger partial charge on any atom is -0.495 e.